The van der Waals surface area contributed by atoms with Gasteiger partial charge in [-0.25, -0.2) is 0 Å². The normalized spacial score (nSPS) is 21.6. The van der Waals surface area contributed by atoms with Crippen LogP contribution in [0.15, 0.2) is 12.2 Å². The molecule has 1 amide bonds. The van der Waals surface area contributed by atoms with E-state index in [1.54, 1.807) is 0 Å². The summed E-state index contributed by atoms with van der Waals surface area (Å²) < 4.78 is 4.65. The number of carbonyl (C=O) groups is 2. The molecule has 2 fully saturated rings. The van der Waals surface area contributed by atoms with Crippen LogP contribution in [0.5, 0.6) is 0 Å². The molecule has 0 bridgehead atoms. The summed E-state index contributed by atoms with van der Waals surface area (Å²) >= 11 is 0. The number of rotatable bonds is 11. The van der Waals surface area contributed by atoms with Crippen molar-refractivity contribution in [2.24, 2.45) is 5.41 Å². The zero-order chi connectivity index (χ0) is 21.1. The average molecular weight is 404 g/mol. The Balaban J connectivity index is 1.79. The third kappa shape index (κ3) is 6.89. The van der Waals surface area contributed by atoms with Gasteiger partial charge in [-0.15, -0.1) is 11.8 Å². The molecule has 29 heavy (non-hydrogen) atoms. The maximum absolute atomic E-state index is 12.3. The summed E-state index contributed by atoms with van der Waals surface area (Å²) in [6.07, 6.45) is 13.9. The van der Waals surface area contributed by atoms with Crippen LogP contribution in [0.4, 0.5) is 0 Å². The topological polar surface area (TPSA) is 66.8 Å². The van der Waals surface area contributed by atoms with Gasteiger partial charge >= 0.3 is 5.97 Å². The maximum Gasteiger partial charge on any atom is 0.305 e. The van der Waals surface area contributed by atoms with Gasteiger partial charge < -0.3 is 14.7 Å². The Hall–Kier alpha value is -1.80. The molecule has 0 aromatic carbocycles. The minimum Gasteiger partial charge on any atom is -0.469 e. The highest BCUT2D eigenvalue weighted by Gasteiger charge is 2.42. The van der Waals surface area contributed by atoms with E-state index in [1.807, 2.05) is 24.0 Å². The maximum atomic E-state index is 12.3. The van der Waals surface area contributed by atoms with Crippen molar-refractivity contribution < 1.29 is 19.4 Å². The van der Waals surface area contributed by atoms with Crippen LogP contribution < -0.4 is 0 Å². The van der Waals surface area contributed by atoms with E-state index in [9.17, 15) is 14.7 Å². The molecule has 0 radical (unpaired) electrons. The van der Waals surface area contributed by atoms with Crippen LogP contribution >= 0.6 is 0 Å². The number of amides is 1. The van der Waals surface area contributed by atoms with Gasteiger partial charge in [0.05, 0.1) is 19.3 Å². The number of likely N-dealkylation sites (tertiary alicyclic amines) is 1. The van der Waals surface area contributed by atoms with Crippen LogP contribution in [0.25, 0.3) is 0 Å². The Morgan fingerprint density at radius 2 is 2.07 bits per heavy atom. The third-order valence-corrected chi connectivity index (χ3v) is 6.37. The summed E-state index contributed by atoms with van der Waals surface area (Å²) in [6, 6.07) is 0.0890. The predicted molar refractivity (Wildman–Crippen MR) is 114 cm³/mol. The molecule has 2 unspecified atom stereocenters. The van der Waals surface area contributed by atoms with Gasteiger partial charge in [0, 0.05) is 37.6 Å². The summed E-state index contributed by atoms with van der Waals surface area (Å²) in [5.41, 5.74) is -0.0915. The van der Waals surface area contributed by atoms with E-state index in [-0.39, 0.29) is 23.3 Å². The number of unbranched alkanes of at least 4 members (excludes halogenated alkanes) is 3. The minimum absolute atomic E-state index is 0.0890. The Morgan fingerprint density at radius 1 is 1.31 bits per heavy atom. The zero-order valence-corrected chi connectivity index (χ0v) is 18.1. The van der Waals surface area contributed by atoms with E-state index >= 15 is 0 Å². The molecule has 5 nitrogen and oxygen atoms in total. The second kappa shape index (κ2) is 12.0. The van der Waals surface area contributed by atoms with Crippen LogP contribution in [0.2, 0.25) is 0 Å². The fourth-order valence-electron chi connectivity index (χ4n) is 4.26. The number of carbonyl (C=O) groups excluding carboxylic acids is 2. The molecule has 2 atom stereocenters. The van der Waals surface area contributed by atoms with Crippen LogP contribution in [0, 0.1) is 17.3 Å². The Labute approximate surface area is 175 Å². The van der Waals surface area contributed by atoms with Gasteiger partial charge in [0.25, 0.3) is 0 Å². The molecule has 1 saturated heterocycles. The fraction of sp³-hybridized carbons (Fsp3) is 0.750. The van der Waals surface area contributed by atoms with Crippen LogP contribution in [-0.4, -0.2) is 47.7 Å². The molecule has 1 saturated carbocycles. The molecule has 5 heteroatoms. The summed E-state index contributed by atoms with van der Waals surface area (Å²) in [7, 11) is 1.41. The SMILES string of the molecule is CCC#CCC1(C(O)/C=C/C2CCC(=O)N2CCCCCCC(=O)OC)CCC1. The molecule has 1 aliphatic heterocycles. The number of hydrogen-bond donors (Lipinski definition) is 1. The van der Waals surface area contributed by atoms with E-state index in [2.05, 4.69) is 16.6 Å². The molecule has 0 aromatic rings. The lowest BCUT2D eigenvalue weighted by Crippen LogP contribution is -2.40. The van der Waals surface area contributed by atoms with Crippen molar-refractivity contribution in [1.82, 2.24) is 4.90 Å². The lowest BCUT2D eigenvalue weighted by Gasteiger charge is -2.43. The van der Waals surface area contributed by atoms with Gasteiger partial charge in [0.1, 0.15) is 0 Å². The minimum atomic E-state index is -0.488. The Morgan fingerprint density at radius 3 is 2.72 bits per heavy atom. The van der Waals surface area contributed by atoms with Crippen molar-refractivity contribution in [3.8, 4) is 11.8 Å². The van der Waals surface area contributed by atoms with E-state index < -0.39 is 6.10 Å². The largest absolute Gasteiger partial charge is 0.469 e. The van der Waals surface area contributed by atoms with Crippen molar-refractivity contribution in [3.63, 3.8) is 0 Å². The van der Waals surface area contributed by atoms with Gasteiger partial charge in [-0.2, -0.15) is 0 Å². The molecule has 2 rings (SSSR count). The van der Waals surface area contributed by atoms with Crippen molar-refractivity contribution in [2.75, 3.05) is 13.7 Å². The first-order chi connectivity index (χ1) is 14.0. The highest BCUT2D eigenvalue weighted by molar-refractivity contribution is 5.79. The van der Waals surface area contributed by atoms with Crippen molar-refractivity contribution in [1.29, 1.82) is 0 Å². The number of aliphatic hydroxyl groups excluding tert-OH is 1. The van der Waals surface area contributed by atoms with Crippen LogP contribution in [0.3, 0.4) is 0 Å². The van der Waals surface area contributed by atoms with Gasteiger partial charge in [0.2, 0.25) is 5.91 Å². The number of ether oxygens (including phenoxy) is 1. The van der Waals surface area contributed by atoms with Crippen LogP contribution in [-0.2, 0) is 14.3 Å². The first-order valence-electron chi connectivity index (χ1n) is 11.2. The Bertz CT molecular complexity index is 627. The van der Waals surface area contributed by atoms with Gasteiger partial charge in [-0.05, 0) is 32.1 Å². The van der Waals surface area contributed by atoms with E-state index in [4.69, 9.17) is 0 Å². The van der Waals surface area contributed by atoms with Crippen molar-refractivity contribution in [2.45, 2.75) is 96.1 Å². The number of aliphatic hydroxyl groups is 1. The summed E-state index contributed by atoms with van der Waals surface area (Å²) in [6.45, 7) is 2.79. The molecule has 0 spiro atoms. The van der Waals surface area contributed by atoms with Crippen molar-refractivity contribution in [3.05, 3.63) is 12.2 Å². The molecular weight excluding hydrogens is 366 g/mol. The molecule has 0 aromatic heterocycles. The van der Waals surface area contributed by atoms with Gasteiger partial charge in [0.15, 0.2) is 0 Å². The second-order valence-electron chi connectivity index (χ2n) is 8.36. The zero-order valence-electron chi connectivity index (χ0n) is 18.1. The molecule has 162 valence electrons. The standard InChI is InChI=1S/C24H37NO4/c1-3-4-8-16-24(17-10-18-24)21(26)14-12-20-13-15-22(27)25(20)19-9-6-5-7-11-23(28)29-2/h12,14,20-21,26H,3,5-7,9-11,13,15-19H2,1-2H3/b14-12+. The average Bonchev–Trinajstić information content (AvgIpc) is 3.04. The lowest BCUT2D eigenvalue weighted by atomic mass is 9.63. The van der Waals surface area contributed by atoms with Crippen molar-refractivity contribution >= 4 is 11.9 Å². The fourth-order valence-corrected chi connectivity index (χ4v) is 4.26. The summed E-state index contributed by atoms with van der Waals surface area (Å²) in [5, 5.41) is 10.8. The quantitative estimate of drug-likeness (QED) is 0.245. The monoisotopic (exact) mass is 403 g/mol. The number of hydrogen-bond acceptors (Lipinski definition) is 4. The molecular formula is C24H37NO4. The molecule has 1 aliphatic carbocycles. The van der Waals surface area contributed by atoms with E-state index in [0.29, 0.717) is 12.8 Å². The van der Waals surface area contributed by atoms with E-state index in [0.717, 1.165) is 70.8 Å². The number of esters is 1. The first kappa shape index (κ1) is 23.5. The highest BCUT2D eigenvalue weighted by atomic mass is 16.5. The highest BCUT2D eigenvalue weighted by Crippen LogP contribution is 2.47. The third-order valence-electron chi connectivity index (χ3n) is 6.37. The van der Waals surface area contributed by atoms with E-state index in [1.165, 1.54) is 7.11 Å². The van der Waals surface area contributed by atoms with Crippen LogP contribution in [0.1, 0.15) is 84.0 Å². The molecule has 1 N–H and O–H groups in total. The lowest BCUT2D eigenvalue weighted by molar-refractivity contribution is -0.140. The first-order valence-corrected chi connectivity index (χ1v) is 11.2. The smallest absolute Gasteiger partial charge is 0.305 e. The van der Waals surface area contributed by atoms with Gasteiger partial charge in [-0.3, -0.25) is 9.59 Å². The Kier molecular flexibility index (Phi) is 9.73. The summed E-state index contributed by atoms with van der Waals surface area (Å²) in [4.78, 5) is 25.3. The number of nitrogens with zero attached hydrogens (tertiary/aromatic N) is 1. The van der Waals surface area contributed by atoms with Gasteiger partial charge in [-0.1, -0.05) is 38.3 Å². The molecule has 1 heterocycles. The second-order valence-corrected chi connectivity index (χ2v) is 8.36. The summed E-state index contributed by atoms with van der Waals surface area (Å²) in [5.74, 6) is 6.39. The predicted octanol–water partition coefficient (Wildman–Crippen LogP) is 3.99. The number of methoxy groups -OCH3 is 1. The molecule has 2 aliphatic rings.